The second kappa shape index (κ2) is 19.5. The number of aromatic nitrogens is 3. The largest absolute Gasteiger partial charge is 0.221 e. The zero-order chi connectivity index (χ0) is 58.3. The Morgan fingerprint density at radius 3 is 1.44 bits per heavy atom. The van der Waals surface area contributed by atoms with Crippen LogP contribution in [0.2, 0.25) is 0 Å². The number of hydrogen-bond acceptors (Lipinski definition) is 0. The summed E-state index contributed by atoms with van der Waals surface area (Å²) in [6.45, 7) is 6.74. The Bertz CT molecular complexity index is 5400. The predicted octanol–water partition coefficient (Wildman–Crippen LogP) is 19.7. The third kappa shape index (κ3) is 7.58. The maximum Gasteiger partial charge on any atom is 0.221 e. The SMILES string of the molecule is Cc1c(-c2cc3c(c[n+]2C)-c2cccc4cccc-3c24)ccc2ccccc12.Cc1c(-c2ccc3c([n+]2C)-c2cccc4cccc-3c24)ccc2ccccc12.Cc1ccc2c(c1-c1c3c(cc[n+]1C)-c1cccc4cccc-3c14)Cc1ccccc1-2. The molecule has 3 heteroatoms. The molecule has 410 valence electrons. The normalized spacial score (nSPS) is 12.2. The molecule has 12 aromatic carbocycles. The minimum Gasteiger partial charge on any atom is -0.200 e. The standard InChI is InChI=1S/C30H22N.2C27H20N/c1-18-13-14-22-21-10-4-3-7-20(21)17-26(22)27(18)30-29-24(15-16-31(30)2)23-11-5-8-19-9-6-12-25(29)28(19)23;1-17-20-10-4-3-7-18(20)13-14-21(17)26-15-24-22-11-5-8-19-9-6-12-23(27(19)22)25(24)16-28(26)2;1-17-20-10-4-3-7-18(20)13-14-21(17)25-16-15-23-22-11-5-8-19-9-6-12-24(26(19)22)27(23)28(25)2/h3-16H,17H2,1-2H3;2*3-16H,1-2H3/q3*+1. The van der Waals surface area contributed by atoms with Crippen molar-refractivity contribution in [3.63, 3.8) is 0 Å². The Morgan fingerprint density at radius 1 is 0.299 bits per heavy atom. The van der Waals surface area contributed by atoms with E-state index in [1.807, 2.05) is 0 Å². The van der Waals surface area contributed by atoms with Gasteiger partial charge in [0.15, 0.2) is 12.4 Å². The number of fused-ring (bicyclic) bond motifs is 14. The molecule has 3 aromatic heterocycles. The van der Waals surface area contributed by atoms with Crippen LogP contribution in [0, 0.1) is 20.8 Å². The molecule has 0 bridgehead atoms. The van der Waals surface area contributed by atoms with Gasteiger partial charge in [-0.1, -0.05) is 200 Å². The molecule has 0 amide bonds. The monoisotopic (exact) mass is 1110 g/mol. The quantitative estimate of drug-likeness (QED) is 0.156. The van der Waals surface area contributed by atoms with Crippen LogP contribution in [0.4, 0.5) is 0 Å². The highest BCUT2D eigenvalue weighted by Gasteiger charge is 2.35. The lowest BCUT2D eigenvalue weighted by atomic mass is 9.89. The summed E-state index contributed by atoms with van der Waals surface area (Å²) in [6.07, 6.45) is 5.54. The van der Waals surface area contributed by atoms with Crippen molar-refractivity contribution in [3.8, 4) is 112 Å². The summed E-state index contributed by atoms with van der Waals surface area (Å²) in [6, 6.07) is 89.0. The summed E-state index contributed by atoms with van der Waals surface area (Å²) in [5.74, 6) is 0. The van der Waals surface area contributed by atoms with E-state index in [2.05, 4.69) is 311 Å². The molecule has 19 rings (SSSR count). The van der Waals surface area contributed by atoms with Crippen LogP contribution in [0.3, 0.4) is 0 Å². The van der Waals surface area contributed by atoms with Gasteiger partial charge in [-0.15, -0.1) is 0 Å². The van der Waals surface area contributed by atoms with Gasteiger partial charge in [0.1, 0.15) is 21.1 Å². The van der Waals surface area contributed by atoms with Gasteiger partial charge in [-0.2, -0.15) is 4.57 Å². The highest BCUT2D eigenvalue weighted by Crippen LogP contribution is 2.53. The van der Waals surface area contributed by atoms with E-state index in [0.717, 1.165) is 6.42 Å². The van der Waals surface area contributed by atoms with Gasteiger partial charge in [0.25, 0.3) is 0 Å². The predicted molar refractivity (Wildman–Crippen MR) is 362 cm³/mol. The lowest BCUT2D eigenvalue weighted by molar-refractivity contribution is -0.660. The van der Waals surface area contributed by atoms with E-state index in [0.29, 0.717) is 0 Å². The molecule has 0 N–H and O–H groups in total. The van der Waals surface area contributed by atoms with Crippen LogP contribution in [0.1, 0.15) is 27.8 Å². The number of pyridine rings is 3. The molecule has 0 saturated heterocycles. The molecule has 0 radical (unpaired) electrons. The maximum absolute atomic E-state index is 2.38. The minimum atomic E-state index is 1.00. The average molecular weight is 1110 g/mol. The fraction of sp³-hybridized carbons (Fsp3) is 0.0833. The van der Waals surface area contributed by atoms with Crippen molar-refractivity contribution < 1.29 is 13.7 Å². The van der Waals surface area contributed by atoms with Gasteiger partial charge in [0.05, 0.1) is 27.8 Å². The second-order valence-corrected chi connectivity index (χ2v) is 24.4. The zero-order valence-electron chi connectivity index (χ0n) is 49.8. The first-order chi connectivity index (χ1) is 42.7. The highest BCUT2D eigenvalue weighted by molar-refractivity contribution is 6.18. The summed E-state index contributed by atoms with van der Waals surface area (Å²) < 4.78 is 6.98. The molecule has 87 heavy (non-hydrogen) atoms. The van der Waals surface area contributed by atoms with E-state index < -0.39 is 0 Å². The molecule has 4 aliphatic rings. The van der Waals surface area contributed by atoms with Crippen molar-refractivity contribution in [2.75, 3.05) is 0 Å². The van der Waals surface area contributed by atoms with Crippen LogP contribution in [0.5, 0.6) is 0 Å². The molecule has 0 saturated carbocycles. The Labute approximate surface area is 507 Å². The third-order valence-corrected chi connectivity index (χ3v) is 19.7. The number of benzene rings is 12. The summed E-state index contributed by atoms with van der Waals surface area (Å²) in [7, 11) is 6.56. The lowest BCUT2D eigenvalue weighted by Gasteiger charge is -2.14. The van der Waals surface area contributed by atoms with Gasteiger partial charge >= 0.3 is 0 Å². The van der Waals surface area contributed by atoms with E-state index >= 15 is 0 Å². The Hall–Kier alpha value is -10.6. The Balaban J connectivity index is 0.000000102. The first kappa shape index (κ1) is 50.9. The Kier molecular flexibility index (Phi) is 11.4. The minimum absolute atomic E-state index is 1.00. The van der Waals surface area contributed by atoms with Crippen LogP contribution < -0.4 is 13.7 Å². The Morgan fingerprint density at radius 2 is 0.782 bits per heavy atom. The van der Waals surface area contributed by atoms with Crippen LogP contribution >= 0.6 is 0 Å². The molecule has 0 fully saturated rings. The van der Waals surface area contributed by atoms with E-state index in [-0.39, 0.29) is 0 Å². The molecule has 4 aliphatic carbocycles. The summed E-state index contributed by atoms with van der Waals surface area (Å²) in [4.78, 5) is 0. The highest BCUT2D eigenvalue weighted by atomic mass is 15.0. The van der Waals surface area contributed by atoms with E-state index in [9.17, 15) is 0 Å². The third-order valence-electron chi connectivity index (χ3n) is 19.7. The van der Waals surface area contributed by atoms with E-state index in [1.165, 1.54) is 193 Å². The van der Waals surface area contributed by atoms with Crippen molar-refractivity contribution in [1.82, 2.24) is 0 Å². The number of aryl methyl sites for hydroxylation is 5. The van der Waals surface area contributed by atoms with E-state index in [4.69, 9.17) is 0 Å². The lowest BCUT2D eigenvalue weighted by Crippen LogP contribution is -2.34. The van der Waals surface area contributed by atoms with Crippen LogP contribution in [0.25, 0.3) is 166 Å². The molecule has 0 spiro atoms. The van der Waals surface area contributed by atoms with E-state index in [1.54, 1.807) is 0 Å². The van der Waals surface area contributed by atoms with Gasteiger partial charge < -0.3 is 0 Å². The van der Waals surface area contributed by atoms with Crippen LogP contribution in [-0.4, -0.2) is 0 Å². The zero-order valence-corrected chi connectivity index (χ0v) is 49.8. The molecule has 3 heterocycles. The summed E-state index contributed by atoms with van der Waals surface area (Å²) in [5.41, 5.74) is 33.7. The van der Waals surface area contributed by atoms with Crippen molar-refractivity contribution in [2.24, 2.45) is 21.1 Å². The first-order valence-corrected chi connectivity index (χ1v) is 30.5. The van der Waals surface area contributed by atoms with Gasteiger partial charge in [-0.25, -0.2) is 9.13 Å². The first-order valence-electron chi connectivity index (χ1n) is 30.5. The molecule has 0 atom stereocenters. The van der Waals surface area contributed by atoms with Crippen LogP contribution in [-0.2, 0) is 27.6 Å². The molecule has 3 nitrogen and oxygen atoms in total. The summed E-state index contributed by atoms with van der Waals surface area (Å²) in [5, 5.41) is 13.3. The topological polar surface area (TPSA) is 11.6 Å². The van der Waals surface area contributed by atoms with Crippen molar-refractivity contribution in [2.45, 2.75) is 27.2 Å². The average Bonchev–Trinajstić information content (AvgIpc) is 2.13. The molecular formula is C84H62N3+3. The fourth-order valence-corrected chi connectivity index (χ4v) is 15.7. The van der Waals surface area contributed by atoms with Crippen molar-refractivity contribution >= 4 is 53.9 Å². The second-order valence-electron chi connectivity index (χ2n) is 24.4. The number of nitrogens with zero attached hydrogens (tertiary/aromatic N) is 3. The van der Waals surface area contributed by atoms with Crippen molar-refractivity contribution in [3.05, 3.63) is 283 Å². The number of hydrogen-bond donors (Lipinski definition) is 0. The fourth-order valence-electron chi connectivity index (χ4n) is 15.7. The number of rotatable bonds is 3. The van der Waals surface area contributed by atoms with Gasteiger partial charge in [0, 0.05) is 45.8 Å². The smallest absolute Gasteiger partial charge is 0.200 e. The maximum atomic E-state index is 2.38. The van der Waals surface area contributed by atoms with Gasteiger partial charge in [-0.05, 0) is 167 Å². The molecular weight excluding hydrogens is 1050 g/mol. The molecule has 0 unspecified atom stereocenters. The van der Waals surface area contributed by atoms with Gasteiger partial charge in [-0.3, -0.25) is 0 Å². The molecule has 0 aliphatic heterocycles. The van der Waals surface area contributed by atoms with Crippen LogP contribution in [0.15, 0.2) is 255 Å². The summed E-state index contributed by atoms with van der Waals surface area (Å²) >= 11 is 0. The van der Waals surface area contributed by atoms with Gasteiger partial charge in [0.2, 0.25) is 22.8 Å². The molecule has 15 aromatic rings. The van der Waals surface area contributed by atoms with Crippen molar-refractivity contribution in [1.29, 1.82) is 0 Å².